The molecule has 2 heteroatoms. The van der Waals surface area contributed by atoms with Crippen molar-refractivity contribution >= 4 is 5.97 Å². The Morgan fingerprint density at radius 1 is 1.40 bits per heavy atom. The molecule has 0 saturated heterocycles. The molecule has 1 aromatic rings. The molecule has 0 radical (unpaired) electrons. The van der Waals surface area contributed by atoms with Gasteiger partial charge in [-0.2, -0.15) is 0 Å². The first-order valence-corrected chi connectivity index (χ1v) is 5.05. The Morgan fingerprint density at radius 3 is 2.40 bits per heavy atom. The summed E-state index contributed by atoms with van der Waals surface area (Å²) in [6, 6.07) is 8.20. The molecule has 1 aromatic carbocycles. The summed E-state index contributed by atoms with van der Waals surface area (Å²) in [6.45, 7) is 5.38. The number of carbonyl (C=O) groups is 1. The molecule has 0 amide bonds. The maximum atomic E-state index is 11.2. The van der Waals surface area contributed by atoms with E-state index in [1.165, 1.54) is 17.2 Å². The zero-order valence-electron chi connectivity index (χ0n) is 8.82. The second-order valence-electron chi connectivity index (χ2n) is 4.20. The van der Waals surface area contributed by atoms with Crippen LogP contribution in [-0.4, -0.2) is 11.6 Å². The van der Waals surface area contributed by atoms with Gasteiger partial charge in [0.25, 0.3) is 0 Å². The Morgan fingerprint density at radius 2 is 1.93 bits per heavy atom. The number of rotatable bonds is 2. The van der Waals surface area contributed by atoms with Gasteiger partial charge in [0.2, 0.25) is 0 Å². The molecule has 0 aromatic heterocycles. The second-order valence-corrected chi connectivity index (χ2v) is 4.20. The Hall–Kier alpha value is -1.57. The molecule has 2 nitrogen and oxygen atoms in total. The largest absolute Gasteiger partial charge is 0.456 e. The van der Waals surface area contributed by atoms with Crippen molar-refractivity contribution in [3.8, 4) is 0 Å². The molecule has 2 rings (SSSR count). The first kappa shape index (κ1) is 9.97. The van der Waals surface area contributed by atoms with Crippen molar-refractivity contribution in [3.05, 3.63) is 48.0 Å². The van der Waals surface area contributed by atoms with Crippen molar-refractivity contribution < 1.29 is 9.53 Å². The number of fused-ring (bicyclic) bond motifs is 1. The number of carbonyl (C=O) groups excluding carboxylic acids is 1. The SMILES string of the molecule is C=CC(=O)OC1(C)Cc2ccccc2C1. The topological polar surface area (TPSA) is 26.3 Å². The van der Waals surface area contributed by atoms with Crippen LogP contribution in [0.25, 0.3) is 0 Å². The highest BCUT2D eigenvalue weighted by atomic mass is 16.6. The number of hydrogen-bond acceptors (Lipinski definition) is 2. The van der Waals surface area contributed by atoms with E-state index in [2.05, 4.69) is 18.7 Å². The predicted molar refractivity (Wildman–Crippen MR) is 58.5 cm³/mol. The van der Waals surface area contributed by atoms with Gasteiger partial charge in [0, 0.05) is 18.9 Å². The van der Waals surface area contributed by atoms with E-state index in [0.29, 0.717) is 0 Å². The minimum absolute atomic E-state index is 0.342. The highest BCUT2D eigenvalue weighted by Gasteiger charge is 2.35. The van der Waals surface area contributed by atoms with Crippen LogP contribution < -0.4 is 0 Å². The molecule has 78 valence electrons. The van der Waals surface area contributed by atoms with E-state index in [4.69, 9.17) is 4.74 Å². The minimum atomic E-state index is -0.394. The average molecular weight is 202 g/mol. The van der Waals surface area contributed by atoms with E-state index >= 15 is 0 Å². The quantitative estimate of drug-likeness (QED) is 0.543. The first-order chi connectivity index (χ1) is 7.13. The van der Waals surface area contributed by atoms with Gasteiger partial charge in [-0.15, -0.1) is 0 Å². The molecular weight excluding hydrogens is 188 g/mol. The summed E-state index contributed by atoms with van der Waals surface area (Å²) >= 11 is 0. The normalized spacial score (nSPS) is 16.9. The fourth-order valence-electron chi connectivity index (χ4n) is 2.13. The number of ether oxygens (including phenoxy) is 1. The molecule has 0 N–H and O–H groups in total. The lowest BCUT2D eigenvalue weighted by molar-refractivity contribution is -0.150. The molecule has 0 aliphatic heterocycles. The maximum absolute atomic E-state index is 11.2. The molecule has 0 fully saturated rings. The van der Waals surface area contributed by atoms with Crippen LogP contribution in [0.5, 0.6) is 0 Å². The molecule has 1 aliphatic rings. The van der Waals surface area contributed by atoms with Crippen LogP contribution in [-0.2, 0) is 22.4 Å². The van der Waals surface area contributed by atoms with Gasteiger partial charge in [0.05, 0.1) is 0 Å². The zero-order valence-corrected chi connectivity index (χ0v) is 8.82. The summed E-state index contributed by atoms with van der Waals surface area (Å²) < 4.78 is 5.37. The molecule has 0 spiro atoms. The van der Waals surface area contributed by atoms with Crippen molar-refractivity contribution in [2.24, 2.45) is 0 Å². The Kier molecular flexibility index (Phi) is 2.35. The Labute approximate surface area is 89.6 Å². The van der Waals surface area contributed by atoms with E-state index in [9.17, 15) is 4.79 Å². The Bertz CT molecular complexity index is 382. The third kappa shape index (κ3) is 1.94. The van der Waals surface area contributed by atoms with Crippen LogP contribution in [0.1, 0.15) is 18.1 Å². The van der Waals surface area contributed by atoms with Gasteiger partial charge in [-0.25, -0.2) is 4.79 Å². The Balaban J connectivity index is 2.17. The van der Waals surface area contributed by atoms with Gasteiger partial charge in [-0.05, 0) is 18.1 Å². The molecule has 0 saturated carbocycles. The third-order valence-corrected chi connectivity index (χ3v) is 2.76. The van der Waals surface area contributed by atoms with Crippen LogP contribution in [0.2, 0.25) is 0 Å². The van der Waals surface area contributed by atoms with E-state index in [0.717, 1.165) is 12.8 Å². The molecule has 1 aliphatic carbocycles. The summed E-state index contributed by atoms with van der Waals surface area (Å²) in [4.78, 5) is 11.2. The fraction of sp³-hybridized carbons (Fsp3) is 0.308. The van der Waals surface area contributed by atoms with E-state index in [1.807, 2.05) is 19.1 Å². The minimum Gasteiger partial charge on any atom is -0.456 e. The highest BCUT2D eigenvalue weighted by molar-refractivity contribution is 5.81. The van der Waals surface area contributed by atoms with Crippen molar-refractivity contribution in [2.75, 3.05) is 0 Å². The number of esters is 1. The number of benzene rings is 1. The third-order valence-electron chi connectivity index (χ3n) is 2.76. The lowest BCUT2D eigenvalue weighted by Crippen LogP contribution is -2.31. The summed E-state index contributed by atoms with van der Waals surface area (Å²) in [5.74, 6) is -0.342. The van der Waals surface area contributed by atoms with Gasteiger partial charge in [-0.1, -0.05) is 30.8 Å². The summed E-state index contributed by atoms with van der Waals surface area (Å²) in [5.41, 5.74) is 2.16. The summed E-state index contributed by atoms with van der Waals surface area (Å²) in [6.07, 6.45) is 2.81. The van der Waals surface area contributed by atoms with Crippen LogP contribution in [0, 0.1) is 0 Å². The molecule has 0 unspecified atom stereocenters. The van der Waals surface area contributed by atoms with E-state index in [1.54, 1.807) is 0 Å². The lowest BCUT2D eigenvalue weighted by Gasteiger charge is -2.23. The van der Waals surface area contributed by atoms with Gasteiger partial charge in [0.1, 0.15) is 5.60 Å². The fourth-order valence-corrected chi connectivity index (χ4v) is 2.13. The lowest BCUT2D eigenvalue weighted by atomic mass is 10.0. The monoisotopic (exact) mass is 202 g/mol. The van der Waals surface area contributed by atoms with E-state index in [-0.39, 0.29) is 5.97 Å². The van der Waals surface area contributed by atoms with Gasteiger partial charge in [0.15, 0.2) is 0 Å². The summed E-state index contributed by atoms with van der Waals surface area (Å²) in [7, 11) is 0. The van der Waals surface area contributed by atoms with Gasteiger partial charge >= 0.3 is 5.97 Å². The zero-order chi connectivity index (χ0) is 10.9. The molecule has 0 atom stereocenters. The van der Waals surface area contributed by atoms with Crippen molar-refractivity contribution in [2.45, 2.75) is 25.4 Å². The van der Waals surface area contributed by atoms with Gasteiger partial charge < -0.3 is 4.74 Å². The van der Waals surface area contributed by atoms with Crippen molar-refractivity contribution in [1.82, 2.24) is 0 Å². The maximum Gasteiger partial charge on any atom is 0.330 e. The van der Waals surface area contributed by atoms with Crippen LogP contribution in [0.3, 0.4) is 0 Å². The molecule has 15 heavy (non-hydrogen) atoms. The average Bonchev–Trinajstić information content (AvgIpc) is 2.53. The second kappa shape index (κ2) is 3.54. The smallest absolute Gasteiger partial charge is 0.330 e. The predicted octanol–water partition coefficient (Wildman–Crippen LogP) is 2.27. The van der Waals surface area contributed by atoms with Crippen LogP contribution in [0.15, 0.2) is 36.9 Å². The van der Waals surface area contributed by atoms with Crippen molar-refractivity contribution in [1.29, 1.82) is 0 Å². The van der Waals surface area contributed by atoms with Gasteiger partial charge in [-0.3, -0.25) is 0 Å². The summed E-state index contributed by atoms with van der Waals surface area (Å²) in [5, 5.41) is 0. The van der Waals surface area contributed by atoms with Crippen LogP contribution in [0.4, 0.5) is 0 Å². The standard InChI is InChI=1S/C13H14O2/c1-3-12(14)15-13(2)8-10-6-4-5-7-11(10)9-13/h3-7H,1,8-9H2,2H3. The first-order valence-electron chi connectivity index (χ1n) is 5.05. The number of hydrogen-bond donors (Lipinski definition) is 0. The van der Waals surface area contributed by atoms with Crippen molar-refractivity contribution in [3.63, 3.8) is 0 Å². The molecule has 0 heterocycles. The van der Waals surface area contributed by atoms with Crippen LogP contribution >= 0.6 is 0 Å². The highest BCUT2D eigenvalue weighted by Crippen LogP contribution is 2.32. The molecular formula is C13H14O2. The van der Waals surface area contributed by atoms with E-state index < -0.39 is 5.60 Å². The molecule has 0 bridgehead atoms.